The molecule has 4 nitrogen and oxygen atoms in total. The van der Waals surface area contributed by atoms with Crippen molar-refractivity contribution in [3.8, 4) is 0 Å². The number of halogens is 1. The fraction of sp³-hybridized carbons (Fsp3) is 0.417. The molecule has 0 aliphatic heterocycles. The molecule has 1 aromatic heterocycles. The highest BCUT2D eigenvalue weighted by molar-refractivity contribution is 6.33. The van der Waals surface area contributed by atoms with Crippen LogP contribution in [0.4, 0.5) is 0 Å². The van der Waals surface area contributed by atoms with Gasteiger partial charge in [-0.15, -0.1) is 0 Å². The molecule has 0 saturated heterocycles. The Morgan fingerprint density at radius 2 is 1.83 bits per heavy atom. The number of aromatic nitrogens is 2. The van der Waals surface area contributed by atoms with Crippen LogP contribution >= 0.6 is 11.6 Å². The van der Waals surface area contributed by atoms with Crippen molar-refractivity contribution in [2.45, 2.75) is 52.5 Å². The molecule has 154 valence electrons. The Morgan fingerprint density at radius 1 is 1.07 bits per heavy atom. The van der Waals surface area contributed by atoms with Gasteiger partial charge in [0.15, 0.2) is 0 Å². The van der Waals surface area contributed by atoms with E-state index in [2.05, 4.69) is 41.9 Å². The normalized spacial score (nSPS) is 11.3. The van der Waals surface area contributed by atoms with Crippen molar-refractivity contribution in [2.75, 3.05) is 6.54 Å². The number of rotatable bonds is 10. The van der Waals surface area contributed by atoms with E-state index in [1.165, 1.54) is 11.3 Å². The Morgan fingerprint density at radius 3 is 2.62 bits per heavy atom. The standard InChI is InChI=1S/C24H30ClN3O/c1-18(2)15-17-28-22-13-8-7-12-21(22)27-23(28)14-4-3-9-16-26-24(29)19-10-5-6-11-20(19)25/h5-8,10-13,18H,3-4,9,14-17H2,1-2H3,(H,26,29). The van der Waals surface area contributed by atoms with E-state index in [9.17, 15) is 4.79 Å². The van der Waals surface area contributed by atoms with Crippen molar-refractivity contribution in [2.24, 2.45) is 5.92 Å². The minimum absolute atomic E-state index is 0.105. The number of imidazole rings is 1. The zero-order valence-electron chi connectivity index (χ0n) is 17.3. The lowest BCUT2D eigenvalue weighted by atomic mass is 10.1. The molecule has 0 unspecified atom stereocenters. The average molecular weight is 412 g/mol. The SMILES string of the molecule is CC(C)CCn1c(CCCCCNC(=O)c2ccccc2Cl)nc2ccccc21. The minimum Gasteiger partial charge on any atom is -0.352 e. The number of fused-ring (bicyclic) bond motifs is 1. The highest BCUT2D eigenvalue weighted by atomic mass is 35.5. The van der Waals surface area contributed by atoms with Crippen LogP contribution in [0.3, 0.4) is 0 Å². The van der Waals surface area contributed by atoms with Gasteiger partial charge in [-0.25, -0.2) is 4.98 Å². The van der Waals surface area contributed by atoms with E-state index in [-0.39, 0.29) is 5.91 Å². The number of amides is 1. The molecule has 0 atom stereocenters. The number of nitrogens with one attached hydrogen (secondary N) is 1. The smallest absolute Gasteiger partial charge is 0.252 e. The van der Waals surface area contributed by atoms with E-state index in [1.807, 2.05) is 18.2 Å². The van der Waals surface area contributed by atoms with E-state index >= 15 is 0 Å². The maximum Gasteiger partial charge on any atom is 0.252 e. The van der Waals surface area contributed by atoms with Gasteiger partial charge >= 0.3 is 0 Å². The molecule has 0 aliphatic carbocycles. The summed E-state index contributed by atoms with van der Waals surface area (Å²) in [6.45, 7) is 6.20. The predicted molar refractivity (Wildman–Crippen MR) is 121 cm³/mol. The van der Waals surface area contributed by atoms with E-state index < -0.39 is 0 Å². The summed E-state index contributed by atoms with van der Waals surface area (Å²) in [4.78, 5) is 17.0. The lowest BCUT2D eigenvalue weighted by Gasteiger charge is -2.11. The fourth-order valence-corrected chi connectivity index (χ4v) is 3.70. The average Bonchev–Trinajstić information content (AvgIpc) is 3.06. The Bertz CT molecular complexity index is 948. The molecule has 0 fully saturated rings. The second-order valence-corrected chi connectivity index (χ2v) is 8.30. The Balaban J connectivity index is 1.48. The first-order valence-corrected chi connectivity index (χ1v) is 10.9. The van der Waals surface area contributed by atoms with Gasteiger partial charge in [0.25, 0.3) is 5.91 Å². The first-order chi connectivity index (χ1) is 14.1. The summed E-state index contributed by atoms with van der Waals surface area (Å²) in [5.74, 6) is 1.74. The number of benzene rings is 2. The lowest BCUT2D eigenvalue weighted by Crippen LogP contribution is -2.24. The number of aryl methyl sites for hydroxylation is 2. The fourth-order valence-electron chi connectivity index (χ4n) is 3.48. The molecule has 1 amide bonds. The maximum absolute atomic E-state index is 12.2. The number of carbonyl (C=O) groups is 1. The maximum atomic E-state index is 12.2. The molecule has 29 heavy (non-hydrogen) atoms. The van der Waals surface area contributed by atoms with Gasteiger partial charge in [-0.2, -0.15) is 0 Å². The van der Waals surface area contributed by atoms with Crippen LogP contribution < -0.4 is 5.32 Å². The summed E-state index contributed by atoms with van der Waals surface area (Å²) in [7, 11) is 0. The minimum atomic E-state index is -0.105. The predicted octanol–water partition coefficient (Wildman–Crippen LogP) is 5.88. The molecule has 0 radical (unpaired) electrons. The zero-order chi connectivity index (χ0) is 20.6. The first kappa shape index (κ1) is 21.4. The highest BCUT2D eigenvalue weighted by Crippen LogP contribution is 2.19. The van der Waals surface area contributed by atoms with Crippen molar-refractivity contribution >= 4 is 28.5 Å². The van der Waals surface area contributed by atoms with Crippen LogP contribution in [0.15, 0.2) is 48.5 Å². The third kappa shape index (κ3) is 5.83. The molecule has 1 heterocycles. The third-order valence-corrected chi connectivity index (χ3v) is 5.47. The van der Waals surface area contributed by atoms with Gasteiger partial charge in [-0.05, 0) is 49.4 Å². The van der Waals surface area contributed by atoms with Gasteiger partial charge < -0.3 is 9.88 Å². The molecule has 0 spiro atoms. The number of unbranched alkanes of at least 4 members (excludes halogenated alkanes) is 2. The monoisotopic (exact) mass is 411 g/mol. The van der Waals surface area contributed by atoms with Crippen molar-refractivity contribution < 1.29 is 4.79 Å². The van der Waals surface area contributed by atoms with Crippen LogP contribution in [0.2, 0.25) is 5.02 Å². The zero-order valence-corrected chi connectivity index (χ0v) is 18.1. The quantitative estimate of drug-likeness (QED) is 0.423. The number of para-hydroxylation sites is 2. The number of hydrogen-bond donors (Lipinski definition) is 1. The summed E-state index contributed by atoms with van der Waals surface area (Å²) >= 11 is 6.07. The number of nitrogens with zero attached hydrogens (tertiary/aromatic N) is 2. The van der Waals surface area contributed by atoms with Crippen LogP contribution in [0, 0.1) is 5.92 Å². The largest absolute Gasteiger partial charge is 0.352 e. The molecule has 0 bridgehead atoms. The molecule has 0 aliphatic rings. The van der Waals surface area contributed by atoms with Gasteiger partial charge in [-0.3, -0.25) is 4.79 Å². The molecule has 3 rings (SSSR count). The van der Waals surface area contributed by atoms with E-state index in [0.717, 1.165) is 44.2 Å². The van der Waals surface area contributed by atoms with Crippen molar-refractivity contribution in [3.63, 3.8) is 0 Å². The summed E-state index contributed by atoms with van der Waals surface area (Å²) in [6, 6.07) is 15.5. The van der Waals surface area contributed by atoms with Gasteiger partial charge in [0, 0.05) is 19.5 Å². The number of hydrogen-bond acceptors (Lipinski definition) is 2. The van der Waals surface area contributed by atoms with Crippen molar-refractivity contribution in [3.05, 3.63) is 64.9 Å². The Hall–Kier alpha value is -2.33. The molecule has 0 saturated carbocycles. The van der Waals surface area contributed by atoms with Gasteiger partial charge in [0.1, 0.15) is 5.82 Å². The third-order valence-electron chi connectivity index (χ3n) is 5.14. The second-order valence-electron chi connectivity index (χ2n) is 7.90. The molecule has 5 heteroatoms. The molecular weight excluding hydrogens is 382 g/mol. The lowest BCUT2D eigenvalue weighted by molar-refractivity contribution is 0.0953. The van der Waals surface area contributed by atoms with Crippen LogP contribution in [0.5, 0.6) is 0 Å². The van der Waals surface area contributed by atoms with Crippen LogP contribution in [0.1, 0.15) is 55.7 Å². The molecule has 2 aromatic carbocycles. The Kier molecular flexibility index (Phi) is 7.70. The summed E-state index contributed by atoms with van der Waals surface area (Å²) in [6.07, 6.45) is 5.18. The topological polar surface area (TPSA) is 46.9 Å². The Labute approximate surface area is 178 Å². The summed E-state index contributed by atoms with van der Waals surface area (Å²) < 4.78 is 2.38. The van der Waals surface area contributed by atoms with E-state index in [4.69, 9.17) is 16.6 Å². The van der Waals surface area contributed by atoms with Gasteiger partial charge in [-0.1, -0.05) is 56.1 Å². The van der Waals surface area contributed by atoms with Crippen LogP contribution in [-0.4, -0.2) is 22.0 Å². The summed E-state index contributed by atoms with van der Waals surface area (Å²) in [5, 5.41) is 3.45. The summed E-state index contributed by atoms with van der Waals surface area (Å²) in [5.41, 5.74) is 2.85. The highest BCUT2D eigenvalue weighted by Gasteiger charge is 2.11. The van der Waals surface area contributed by atoms with Crippen molar-refractivity contribution in [1.29, 1.82) is 0 Å². The number of carbonyl (C=O) groups excluding carboxylic acids is 1. The van der Waals surface area contributed by atoms with E-state index in [0.29, 0.717) is 23.0 Å². The second kappa shape index (κ2) is 10.4. The van der Waals surface area contributed by atoms with Gasteiger partial charge in [0.05, 0.1) is 21.6 Å². The molecule has 1 N–H and O–H groups in total. The van der Waals surface area contributed by atoms with Crippen LogP contribution in [-0.2, 0) is 13.0 Å². The van der Waals surface area contributed by atoms with Crippen molar-refractivity contribution in [1.82, 2.24) is 14.9 Å². The molecule has 3 aromatic rings. The van der Waals surface area contributed by atoms with E-state index in [1.54, 1.807) is 12.1 Å². The first-order valence-electron chi connectivity index (χ1n) is 10.5. The molecular formula is C24H30ClN3O. The van der Waals surface area contributed by atoms with Gasteiger partial charge in [0.2, 0.25) is 0 Å². The van der Waals surface area contributed by atoms with Crippen LogP contribution in [0.25, 0.3) is 11.0 Å².